The highest BCUT2D eigenvalue weighted by atomic mass is 16.1. The summed E-state index contributed by atoms with van der Waals surface area (Å²) in [7, 11) is 0. The van der Waals surface area contributed by atoms with Crippen molar-refractivity contribution in [3.63, 3.8) is 0 Å². The number of isocyanates is 1. The zero-order valence-electron chi connectivity index (χ0n) is 9.46. The number of nitrogens with zero attached hydrogens (tertiary/aromatic N) is 1. The molecule has 2 aromatic rings. The van der Waals surface area contributed by atoms with Gasteiger partial charge in [-0.05, 0) is 48.5 Å². The summed E-state index contributed by atoms with van der Waals surface area (Å²) >= 11 is 0. The van der Waals surface area contributed by atoms with Crippen molar-refractivity contribution in [3.05, 3.63) is 59.7 Å². The molecular weight excluding hydrogens is 228 g/mol. The summed E-state index contributed by atoms with van der Waals surface area (Å²) in [5.74, 6) is -0.100. The van der Waals surface area contributed by atoms with Crippen LogP contribution in [0.4, 0.5) is 11.4 Å². The van der Waals surface area contributed by atoms with Crippen LogP contribution in [-0.4, -0.2) is 11.9 Å². The van der Waals surface area contributed by atoms with E-state index < -0.39 is 0 Å². The number of carbonyl (C=O) groups is 1. The number of aliphatic imine (C=N–C) groups is 1. The fourth-order valence-electron chi connectivity index (χ4n) is 1.54. The largest absolute Gasteiger partial charge is 0.399 e. The van der Waals surface area contributed by atoms with Crippen molar-refractivity contribution in [1.29, 1.82) is 0 Å². The molecule has 0 radical (unpaired) electrons. The van der Waals surface area contributed by atoms with Crippen molar-refractivity contribution in [1.82, 2.24) is 0 Å². The lowest BCUT2D eigenvalue weighted by atomic mass is 10.0. The van der Waals surface area contributed by atoms with Gasteiger partial charge in [0, 0.05) is 16.8 Å². The van der Waals surface area contributed by atoms with Crippen molar-refractivity contribution in [3.8, 4) is 0 Å². The van der Waals surface area contributed by atoms with Crippen LogP contribution >= 0.6 is 0 Å². The second-order valence-corrected chi connectivity index (χ2v) is 3.70. The molecule has 0 saturated heterocycles. The number of nitrogen functional groups attached to an aromatic ring is 1. The fraction of sp³-hybridized carbons (Fsp3) is 0. The third-order valence-electron chi connectivity index (χ3n) is 2.48. The second-order valence-electron chi connectivity index (χ2n) is 3.70. The van der Waals surface area contributed by atoms with Gasteiger partial charge in [0.15, 0.2) is 5.78 Å². The van der Waals surface area contributed by atoms with E-state index in [9.17, 15) is 9.59 Å². The highest BCUT2D eigenvalue weighted by Crippen LogP contribution is 2.16. The van der Waals surface area contributed by atoms with Gasteiger partial charge in [-0.15, -0.1) is 0 Å². The van der Waals surface area contributed by atoms with E-state index in [0.29, 0.717) is 22.5 Å². The van der Waals surface area contributed by atoms with E-state index >= 15 is 0 Å². The minimum Gasteiger partial charge on any atom is -0.399 e. The highest BCUT2D eigenvalue weighted by Gasteiger charge is 2.08. The molecular formula is C14H10N2O2. The predicted octanol–water partition coefficient (Wildman–Crippen LogP) is 2.47. The lowest BCUT2D eigenvalue weighted by Gasteiger charge is -2.01. The van der Waals surface area contributed by atoms with Gasteiger partial charge in [-0.1, -0.05) is 0 Å². The average molecular weight is 238 g/mol. The molecule has 0 atom stereocenters. The molecule has 0 bridgehead atoms. The molecule has 0 unspecified atom stereocenters. The molecule has 88 valence electrons. The summed E-state index contributed by atoms with van der Waals surface area (Å²) in [4.78, 5) is 25.6. The van der Waals surface area contributed by atoms with Gasteiger partial charge < -0.3 is 5.73 Å². The number of benzene rings is 2. The van der Waals surface area contributed by atoms with E-state index in [1.807, 2.05) is 0 Å². The first-order chi connectivity index (χ1) is 8.70. The molecule has 0 saturated carbocycles. The number of hydrogen-bond donors (Lipinski definition) is 1. The summed E-state index contributed by atoms with van der Waals surface area (Å²) in [5.41, 5.74) is 7.74. The molecule has 4 heteroatoms. The average Bonchev–Trinajstić information content (AvgIpc) is 2.40. The Labute approximate surface area is 104 Å². The molecule has 4 nitrogen and oxygen atoms in total. The molecule has 2 N–H and O–H groups in total. The number of hydrogen-bond acceptors (Lipinski definition) is 4. The minimum atomic E-state index is -0.100. The van der Waals surface area contributed by atoms with E-state index in [0.717, 1.165) is 0 Å². The maximum Gasteiger partial charge on any atom is 0.240 e. The molecule has 0 spiro atoms. The Kier molecular flexibility index (Phi) is 3.32. The zero-order valence-corrected chi connectivity index (χ0v) is 9.46. The van der Waals surface area contributed by atoms with Gasteiger partial charge >= 0.3 is 0 Å². The first-order valence-corrected chi connectivity index (χ1v) is 5.29. The topological polar surface area (TPSA) is 72.5 Å². The van der Waals surface area contributed by atoms with E-state index in [2.05, 4.69) is 4.99 Å². The maximum atomic E-state index is 12.1. The molecule has 0 amide bonds. The fourth-order valence-corrected chi connectivity index (χ4v) is 1.54. The Morgan fingerprint density at radius 3 is 1.94 bits per heavy atom. The summed E-state index contributed by atoms with van der Waals surface area (Å²) in [6, 6.07) is 13.1. The molecule has 18 heavy (non-hydrogen) atoms. The summed E-state index contributed by atoms with van der Waals surface area (Å²) in [5, 5.41) is 0. The number of nitrogens with two attached hydrogens (primary N) is 1. The van der Waals surface area contributed by atoms with E-state index in [-0.39, 0.29) is 5.78 Å². The van der Waals surface area contributed by atoms with Gasteiger partial charge in [-0.3, -0.25) is 4.79 Å². The maximum absolute atomic E-state index is 12.1. The smallest absolute Gasteiger partial charge is 0.240 e. The van der Waals surface area contributed by atoms with Crippen LogP contribution in [0.1, 0.15) is 15.9 Å². The minimum absolute atomic E-state index is 0.100. The quantitative estimate of drug-likeness (QED) is 0.386. The van der Waals surface area contributed by atoms with Crippen LogP contribution in [-0.2, 0) is 4.79 Å². The monoisotopic (exact) mass is 238 g/mol. The van der Waals surface area contributed by atoms with Gasteiger partial charge in [0.25, 0.3) is 0 Å². The third kappa shape index (κ3) is 2.51. The Hall–Kier alpha value is -2.71. The standard InChI is InChI=1S/C14H10N2O2/c15-12-5-1-10(2-6-12)14(18)11-3-7-13(8-4-11)16-9-17/h1-8H,15H2. The molecule has 0 aromatic heterocycles. The molecule has 0 fully saturated rings. The Morgan fingerprint density at radius 1 is 0.944 bits per heavy atom. The van der Waals surface area contributed by atoms with Crippen molar-refractivity contribution in [2.75, 3.05) is 5.73 Å². The summed E-state index contributed by atoms with van der Waals surface area (Å²) in [6.45, 7) is 0. The van der Waals surface area contributed by atoms with Crippen molar-refractivity contribution < 1.29 is 9.59 Å². The van der Waals surface area contributed by atoms with Gasteiger partial charge in [-0.25, -0.2) is 4.79 Å². The molecule has 2 rings (SSSR count). The molecule has 0 aliphatic heterocycles. The Balaban J connectivity index is 2.28. The zero-order chi connectivity index (χ0) is 13.0. The lowest BCUT2D eigenvalue weighted by Crippen LogP contribution is -2.00. The van der Waals surface area contributed by atoms with Crippen LogP contribution in [0.15, 0.2) is 53.5 Å². The second kappa shape index (κ2) is 5.08. The van der Waals surface area contributed by atoms with Crippen LogP contribution < -0.4 is 5.73 Å². The first kappa shape index (κ1) is 11.8. The van der Waals surface area contributed by atoms with Crippen LogP contribution in [0, 0.1) is 0 Å². The van der Waals surface area contributed by atoms with Gasteiger partial charge in [0.05, 0.1) is 5.69 Å². The number of carbonyl (C=O) groups excluding carboxylic acids is 2. The van der Waals surface area contributed by atoms with E-state index in [1.54, 1.807) is 48.5 Å². The predicted molar refractivity (Wildman–Crippen MR) is 68.5 cm³/mol. The van der Waals surface area contributed by atoms with Crippen molar-refractivity contribution in [2.45, 2.75) is 0 Å². The Morgan fingerprint density at radius 2 is 1.44 bits per heavy atom. The van der Waals surface area contributed by atoms with Crippen LogP contribution in [0.3, 0.4) is 0 Å². The van der Waals surface area contributed by atoms with Crippen LogP contribution in [0.5, 0.6) is 0 Å². The van der Waals surface area contributed by atoms with Crippen molar-refractivity contribution >= 4 is 23.2 Å². The third-order valence-corrected chi connectivity index (χ3v) is 2.48. The SMILES string of the molecule is Nc1ccc(C(=O)c2ccc(N=C=O)cc2)cc1. The van der Waals surface area contributed by atoms with Crippen LogP contribution in [0.25, 0.3) is 0 Å². The number of anilines is 1. The molecule has 2 aromatic carbocycles. The molecule has 0 aliphatic carbocycles. The number of rotatable bonds is 3. The first-order valence-electron chi connectivity index (χ1n) is 5.29. The normalized spacial score (nSPS) is 9.56. The lowest BCUT2D eigenvalue weighted by molar-refractivity contribution is 0.103. The van der Waals surface area contributed by atoms with Gasteiger partial charge in [0.1, 0.15) is 0 Å². The molecule has 0 heterocycles. The van der Waals surface area contributed by atoms with E-state index in [4.69, 9.17) is 5.73 Å². The van der Waals surface area contributed by atoms with Crippen molar-refractivity contribution in [2.24, 2.45) is 4.99 Å². The van der Waals surface area contributed by atoms with Crippen LogP contribution in [0.2, 0.25) is 0 Å². The summed E-state index contributed by atoms with van der Waals surface area (Å²) < 4.78 is 0. The molecule has 0 aliphatic rings. The van der Waals surface area contributed by atoms with Gasteiger partial charge in [0.2, 0.25) is 6.08 Å². The van der Waals surface area contributed by atoms with E-state index in [1.165, 1.54) is 6.08 Å². The van der Waals surface area contributed by atoms with Gasteiger partial charge in [-0.2, -0.15) is 4.99 Å². The summed E-state index contributed by atoms with van der Waals surface area (Å²) in [6.07, 6.45) is 1.45. The number of ketones is 1. The highest BCUT2D eigenvalue weighted by molar-refractivity contribution is 6.09. The Bertz CT molecular complexity index is 609.